The van der Waals surface area contributed by atoms with Crippen LogP contribution in [0, 0.1) is 0 Å². The summed E-state index contributed by atoms with van der Waals surface area (Å²) < 4.78 is 47.3. The Kier molecular flexibility index (Phi) is 3.87. The van der Waals surface area contributed by atoms with Crippen molar-refractivity contribution in [2.45, 2.75) is 6.18 Å². The first-order chi connectivity index (χ1) is 11.3. The van der Waals surface area contributed by atoms with Crippen molar-refractivity contribution in [2.75, 3.05) is 6.61 Å². The van der Waals surface area contributed by atoms with Crippen LogP contribution in [0.1, 0.15) is 0 Å². The maximum absolute atomic E-state index is 12.1. The van der Waals surface area contributed by atoms with E-state index in [1.165, 1.54) is 35.0 Å². The van der Waals surface area contributed by atoms with Crippen molar-refractivity contribution in [2.24, 2.45) is 7.05 Å². The molecule has 126 valence electrons. The Balaban J connectivity index is 1.78. The number of aromatic amines is 1. The van der Waals surface area contributed by atoms with Gasteiger partial charge < -0.3 is 14.2 Å². The summed E-state index contributed by atoms with van der Waals surface area (Å²) in [6.45, 7) is -1.36. The van der Waals surface area contributed by atoms with Crippen molar-refractivity contribution in [3.63, 3.8) is 0 Å². The van der Waals surface area contributed by atoms with Gasteiger partial charge in [0.1, 0.15) is 11.4 Å². The number of nitrogens with one attached hydrogen (secondary N) is 1. The molecule has 0 amide bonds. The zero-order valence-corrected chi connectivity index (χ0v) is 12.3. The van der Waals surface area contributed by atoms with Crippen LogP contribution in [-0.4, -0.2) is 32.5 Å². The van der Waals surface area contributed by atoms with Crippen molar-refractivity contribution in [1.29, 1.82) is 0 Å². The molecule has 0 aliphatic rings. The normalized spacial score (nSPS) is 11.7. The average molecular weight is 340 g/mol. The topological polar surface area (TPSA) is 85.9 Å². The molecule has 2 heterocycles. The number of hydrogen-bond acceptors (Lipinski definition) is 5. The Morgan fingerprint density at radius 3 is 2.58 bits per heavy atom. The van der Waals surface area contributed by atoms with E-state index in [1.54, 1.807) is 7.05 Å². The molecule has 1 aromatic carbocycles. The first kappa shape index (κ1) is 15.8. The fourth-order valence-electron chi connectivity index (χ4n) is 1.95. The highest BCUT2D eigenvalue weighted by molar-refractivity contribution is 5.58. The molecule has 0 aliphatic carbocycles. The highest BCUT2D eigenvalue weighted by atomic mass is 19.4. The highest BCUT2D eigenvalue weighted by Crippen LogP contribution is 2.24. The van der Waals surface area contributed by atoms with Crippen molar-refractivity contribution in [3.05, 3.63) is 40.9 Å². The van der Waals surface area contributed by atoms with Crippen LogP contribution in [0.4, 0.5) is 13.2 Å². The van der Waals surface area contributed by atoms with Crippen LogP contribution < -0.4 is 10.4 Å². The van der Waals surface area contributed by atoms with Gasteiger partial charge in [0.25, 0.3) is 5.89 Å². The van der Waals surface area contributed by atoms with Crippen LogP contribution >= 0.6 is 0 Å². The summed E-state index contributed by atoms with van der Waals surface area (Å²) in [6, 6.07) is 5.78. The lowest BCUT2D eigenvalue weighted by Crippen LogP contribution is -2.19. The van der Waals surface area contributed by atoms with Gasteiger partial charge in [0, 0.05) is 18.8 Å². The summed E-state index contributed by atoms with van der Waals surface area (Å²) >= 11 is 0. The maximum atomic E-state index is 12.1. The highest BCUT2D eigenvalue weighted by Gasteiger charge is 2.28. The lowest BCUT2D eigenvalue weighted by atomic mass is 10.2. The number of aromatic nitrogens is 4. The largest absolute Gasteiger partial charge is 0.484 e. The molecule has 0 radical (unpaired) electrons. The first-order valence-electron chi connectivity index (χ1n) is 6.72. The van der Waals surface area contributed by atoms with E-state index in [1.807, 2.05) is 0 Å². The van der Waals surface area contributed by atoms with Crippen molar-refractivity contribution < 1.29 is 22.4 Å². The molecule has 0 bridgehead atoms. The zero-order chi connectivity index (χ0) is 17.3. The molecule has 1 N–H and O–H groups in total. The standard InChI is InChI=1S/C14H11F3N4O3/c1-21-10(6-18-13(21)22)12-19-11(20-24-12)8-2-4-9(5-3-8)23-7-14(15,16)17/h2-6H,7H2,1H3,(H,18,22). The van der Waals surface area contributed by atoms with Crippen molar-refractivity contribution in [1.82, 2.24) is 19.7 Å². The number of rotatable bonds is 4. The first-order valence-corrected chi connectivity index (χ1v) is 6.72. The third-order valence-corrected chi connectivity index (χ3v) is 3.16. The van der Waals surface area contributed by atoms with E-state index in [0.29, 0.717) is 11.3 Å². The number of ether oxygens (including phenoxy) is 1. The van der Waals surface area contributed by atoms with Gasteiger partial charge in [-0.05, 0) is 24.3 Å². The smallest absolute Gasteiger partial charge is 0.422 e. The minimum atomic E-state index is -4.40. The third kappa shape index (κ3) is 3.31. The molecule has 10 heteroatoms. The second-order valence-electron chi connectivity index (χ2n) is 4.89. The monoisotopic (exact) mass is 340 g/mol. The van der Waals surface area contributed by atoms with Gasteiger partial charge >= 0.3 is 11.9 Å². The Hall–Kier alpha value is -3.04. The molecule has 0 fully saturated rings. The predicted octanol–water partition coefficient (Wildman–Crippen LogP) is 2.37. The van der Waals surface area contributed by atoms with Crippen molar-refractivity contribution in [3.8, 4) is 28.7 Å². The molecule has 24 heavy (non-hydrogen) atoms. The van der Waals surface area contributed by atoms with Gasteiger partial charge in [-0.3, -0.25) is 4.57 Å². The molecule has 0 aliphatic heterocycles. The fraction of sp³-hybridized carbons (Fsp3) is 0.214. The summed E-state index contributed by atoms with van der Waals surface area (Å²) in [5, 5.41) is 3.79. The van der Waals surface area contributed by atoms with Gasteiger partial charge in [0.15, 0.2) is 6.61 Å². The lowest BCUT2D eigenvalue weighted by molar-refractivity contribution is -0.153. The molecule has 0 saturated carbocycles. The van der Waals surface area contributed by atoms with Crippen LogP contribution in [0.25, 0.3) is 23.0 Å². The second kappa shape index (κ2) is 5.87. The summed E-state index contributed by atoms with van der Waals surface area (Å²) in [7, 11) is 1.55. The number of hydrogen-bond donors (Lipinski definition) is 1. The van der Waals surface area contributed by atoms with Gasteiger partial charge in [-0.15, -0.1) is 0 Å². The molecule has 2 aromatic heterocycles. The minimum absolute atomic E-state index is 0.0767. The maximum Gasteiger partial charge on any atom is 0.422 e. The molecular weight excluding hydrogens is 329 g/mol. The number of imidazole rings is 1. The van der Waals surface area contributed by atoms with E-state index >= 15 is 0 Å². The van der Waals surface area contributed by atoms with Crippen molar-refractivity contribution >= 4 is 0 Å². The number of benzene rings is 1. The molecule has 0 spiro atoms. The van der Waals surface area contributed by atoms with Gasteiger partial charge in [-0.1, -0.05) is 5.16 Å². The lowest BCUT2D eigenvalue weighted by Gasteiger charge is -2.08. The van der Waals surface area contributed by atoms with Crippen LogP contribution in [0.15, 0.2) is 39.8 Å². The van der Waals surface area contributed by atoms with Crippen LogP contribution in [-0.2, 0) is 7.05 Å². The Morgan fingerprint density at radius 2 is 2.00 bits per heavy atom. The number of nitrogens with zero attached hydrogens (tertiary/aromatic N) is 3. The zero-order valence-electron chi connectivity index (χ0n) is 12.3. The molecule has 3 rings (SSSR count). The quantitative estimate of drug-likeness (QED) is 0.788. The molecule has 7 nitrogen and oxygen atoms in total. The van der Waals surface area contributed by atoms with Gasteiger partial charge in [0.2, 0.25) is 5.82 Å². The van der Waals surface area contributed by atoms with E-state index in [4.69, 9.17) is 4.52 Å². The van der Waals surface area contributed by atoms with Crippen LogP contribution in [0.5, 0.6) is 5.75 Å². The molecule has 0 atom stereocenters. The summed E-state index contributed by atoms with van der Waals surface area (Å²) in [5.74, 6) is 0.456. The fourth-order valence-corrected chi connectivity index (χ4v) is 1.95. The van der Waals surface area contributed by atoms with Gasteiger partial charge in [0.05, 0.1) is 0 Å². The minimum Gasteiger partial charge on any atom is -0.484 e. The van der Waals surface area contributed by atoms with Gasteiger partial charge in [-0.25, -0.2) is 4.79 Å². The summed E-state index contributed by atoms with van der Waals surface area (Å²) in [4.78, 5) is 18.0. The van der Waals surface area contributed by atoms with E-state index < -0.39 is 12.8 Å². The third-order valence-electron chi connectivity index (χ3n) is 3.16. The molecule has 3 aromatic rings. The number of halogens is 3. The average Bonchev–Trinajstić information content (AvgIpc) is 3.13. The summed E-state index contributed by atoms with van der Waals surface area (Å²) in [5.41, 5.74) is 0.629. The number of H-pyrrole nitrogens is 1. The van der Waals surface area contributed by atoms with Gasteiger partial charge in [-0.2, -0.15) is 18.2 Å². The van der Waals surface area contributed by atoms with E-state index in [9.17, 15) is 18.0 Å². The van der Waals surface area contributed by atoms with E-state index in [-0.39, 0.29) is 23.2 Å². The molecular formula is C14H11F3N4O3. The van der Waals surface area contributed by atoms with Crippen LogP contribution in [0.2, 0.25) is 0 Å². The van der Waals surface area contributed by atoms with Crippen LogP contribution in [0.3, 0.4) is 0 Å². The molecule has 0 unspecified atom stereocenters. The summed E-state index contributed by atoms with van der Waals surface area (Å²) in [6.07, 6.45) is -2.96. The van der Waals surface area contributed by atoms with E-state index in [0.717, 1.165) is 0 Å². The predicted molar refractivity (Wildman–Crippen MR) is 76.3 cm³/mol. The van der Waals surface area contributed by atoms with E-state index in [2.05, 4.69) is 19.9 Å². The molecule has 0 saturated heterocycles. The second-order valence-corrected chi connectivity index (χ2v) is 4.89. The Bertz CT molecular complexity index is 893. The SMILES string of the molecule is Cn1c(-c2nc(-c3ccc(OCC(F)(F)F)cc3)no2)c[nH]c1=O. The number of alkyl halides is 3. The Morgan fingerprint density at radius 1 is 1.29 bits per heavy atom. The Labute approximate surface area is 132 Å².